The van der Waals surface area contributed by atoms with E-state index in [0.29, 0.717) is 43.4 Å². The lowest BCUT2D eigenvalue weighted by Gasteiger charge is -2.27. The summed E-state index contributed by atoms with van der Waals surface area (Å²) in [6.45, 7) is 8.12. The number of benzene rings is 1. The first-order chi connectivity index (χ1) is 19.9. The second kappa shape index (κ2) is 15.3. The molecule has 0 aliphatic carbocycles. The number of aliphatic hydroxyl groups excluding tert-OH is 1. The van der Waals surface area contributed by atoms with Crippen molar-refractivity contribution in [2.24, 2.45) is 5.10 Å². The average molecular weight is 583 g/mol. The Bertz CT molecular complexity index is 1330. The standard InChI is InChI=1S/C29H36ClFN8O2/c1-3-8-38(9-6-21(2)7-12-40)26-16-22(30)15-25(17-26)35-24-5-4-23(32-18-24)19-34-37-29-33-20-27(31)28(36-29)39-10-13-41-14-11-39/h4-6,15-20,35,40H,3,7-14H2,1-2H3,(H,33,36,37)/b21-6+,34-19+. The Balaban J connectivity index is 1.38. The molecule has 218 valence electrons. The highest BCUT2D eigenvalue weighted by atomic mass is 35.5. The Morgan fingerprint density at radius 1 is 1.20 bits per heavy atom. The molecule has 1 aromatic carbocycles. The summed E-state index contributed by atoms with van der Waals surface area (Å²) in [4.78, 5) is 16.7. The highest BCUT2D eigenvalue weighted by Crippen LogP contribution is 2.28. The third-order valence-electron chi connectivity index (χ3n) is 6.38. The fourth-order valence-corrected chi connectivity index (χ4v) is 4.49. The summed E-state index contributed by atoms with van der Waals surface area (Å²) in [5.41, 5.74) is 7.16. The Morgan fingerprint density at radius 3 is 2.76 bits per heavy atom. The number of pyridine rings is 1. The summed E-state index contributed by atoms with van der Waals surface area (Å²) in [6, 6.07) is 9.60. The van der Waals surface area contributed by atoms with E-state index in [1.165, 1.54) is 6.21 Å². The maximum Gasteiger partial charge on any atom is 0.245 e. The van der Waals surface area contributed by atoms with Gasteiger partial charge < -0.3 is 25.0 Å². The fourth-order valence-electron chi connectivity index (χ4n) is 4.26. The number of nitrogens with one attached hydrogen (secondary N) is 2. The third kappa shape index (κ3) is 9.10. The summed E-state index contributed by atoms with van der Waals surface area (Å²) in [5, 5.41) is 17.3. The van der Waals surface area contributed by atoms with Crippen LogP contribution in [0.3, 0.4) is 0 Å². The van der Waals surface area contributed by atoms with E-state index in [1.54, 1.807) is 6.20 Å². The number of hydrazone groups is 1. The first-order valence-electron chi connectivity index (χ1n) is 13.6. The molecule has 0 unspecified atom stereocenters. The van der Waals surface area contributed by atoms with Gasteiger partial charge in [0.05, 0.1) is 43.2 Å². The van der Waals surface area contributed by atoms with E-state index in [1.807, 2.05) is 36.1 Å². The van der Waals surface area contributed by atoms with Crippen molar-refractivity contribution in [1.29, 1.82) is 0 Å². The van der Waals surface area contributed by atoms with Crippen LogP contribution in [0.15, 0.2) is 59.5 Å². The summed E-state index contributed by atoms with van der Waals surface area (Å²) >= 11 is 6.47. The molecule has 0 spiro atoms. The monoisotopic (exact) mass is 582 g/mol. The van der Waals surface area contributed by atoms with Gasteiger partial charge in [-0.15, -0.1) is 0 Å². The lowest BCUT2D eigenvalue weighted by Crippen LogP contribution is -2.37. The number of hydrogen-bond donors (Lipinski definition) is 3. The Labute approximate surface area is 244 Å². The minimum absolute atomic E-state index is 0.148. The van der Waals surface area contributed by atoms with Crippen molar-refractivity contribution in [1.82, 2.24) is 15.0 Å². The van der Waals surface area contributed by atoms with E-state index in [2.05, 4.69) is 54.8 Å². The predicted octanol–water partition coefficient (Wildman–Crippen LogP) is 5.24. The Kier molecular flexibility index (Phi) is 11.2. The van der Waals surface area contributed by atoms with Gasteiger partial charge in [-0.1, -0.05) is 30.2 Å². The smallest absolute Gasteiger partial charge is 0.245 e. The molecular weight excluding hydrogens is 547 g/mol. The molecule has 3 aromatic rings. The molecular formula is C29H36ClFN8O2. The van der Waals surface area contributed by atoms with Crippen molar-refractivity contribution in [3.8, 4) is 0 Å². The van der Waals surface area contributed by atoms with Crippen LogP contribution in [0.25, 0.3) is 0 Å². The van der Waals surface area contributed by atoms with Gasteiger partial charge in [-0.25, -0.2) is 14.8 Å². The molecule has 1 aliphatic heterocycles. The van der Waals surface area contributed by atoms with E-state index in [9.17, 15) is 9.50 Å². The molecule has 2 aromatic heterocycles. The second-order valence-corrected chi connectivity index (χ2v) is 10.0. The van der Waals surface area contributed by atoms with Gasteiger partial charge in [-0.3, -0.25) is 4.98 Å². The number of morpholine rings is 1. The van der Waals surface area contributed by atoms with E-state index in [4.69, 9.17) is 16.3 Å². The van der Waals surface area contributed by atoms with Crippen molar-refractivity contribution in [3.05, 3.63) is 70.9 Å². The molecule has 0 saturated carbocycles. The van der Waals surface area contributed by atoms with Crippen LogP contribution in [0, 0.1) is 5.82 Å². The first-order valence-corrected chi connectivity index (χ1v) is 14.0. The minimum Gasteiger partial charge on any atom is -0.396 e. The van der Waals surface area contributed by atoms with Crippen molar-refractivity contribution < 1.29 is 14.2 Å². The van der Waals surface area contributed by atoms with Gasteiger partial charge in [-0.05, 0) is 50.1 Å². The number of aliphatic hydroxyl groups is 1. The molecule has 0 bridgehead atoms. The van der Waals surface area contributed by atoms with Crippen LogP contribution in [0.1, 0.15) is 32.4 Å². The van der Waals surface area contributed by atoms with Crippen LogP contribution < -0.4 is 20.5 Å². The number of rotatable bonds is 13. The fraction of sp³-hybridized carbons (Fsp3) is 0.379. The van der Waals surface area contributed by atoms with Crippen molar-refractivity contribution in [2.75, 3.05) is 66.5 Å². The maximum absolute atomic E-state index is 14.2. The summed E-state index contributed by atoms with van der Waals surface area (Å²) in [7, 11) is 0. The van der Waals surface area contributed by atoms with Crippen LogP contribution in [-0.2, 0) is 4.74 Å². The van der Waals surface area contributed by atoms with Gasteiger partial charge in [-0.2, -0.15) is 10.1 Å². The highest BCUT2D eigenvalue weighted by molar-refractivity contribution is 6.31. The molecule has 0 radical (unpaired) electrons. The number of aromatic nitrogens is 3. The molecule has 0 atom stereocenters. The normalized spacial score (nSPS) is 14.0. The van der Waals surface area contributed by atoms with Crippen LogP contribution in [0.4, 0.5) is 33.2 Å². The highest BCUT2D eigenvalue weighted by Gasteiger charge is 2.17. The molecule has 12 heteroatoms. The SMILES string of the molecule is CCCN(C/C=C(\C)CCO)c1cc(Cl)cc(Nc2ccc(/C=N/Nc3ncc(F)c(N4CCOCC4)n3)nc2)c1. The first kappa shape index (κ1) is 30.2. The van der Waals surface area contributed by atoms with Gasteiger partial charge in [0, 0.05) is 49.2 Å². The third-order valence-corrected chi connectivity index (χ3v) is 6.60. The summed E-state index contributed by atoms with van der Waals surface area (Å²) in [5.74, 6) is -0.0683. The molecule has 3 heterocycles. The van der Waals surface area contributed by atoms with Crippen LogP contribution in [-0.4, -0.2) is 72.3 Å². The lowest BCUT2D eigenvalue weighted by molar-refractivity contribution is 0.122. The molecule has 3 N–H and O–H groups in total. The number of hydrogen-bond acceptors (Lipinski definition) is 10. The van der Waals surface area contributed by atoms with Gasteiger partial charge in [0.2, 0.25) is 5.95 Å². The van der Waals surface area contributed by atoms with E-state index in [0.717, 1.165) is 48.3 Å². The zero-order valence-electron chi connectivity index (χ0n) is 23.4. The van der Waals surface area contributed by atoms with Gasteiger partial charge >= 0.3 is 0 Å². The van der Waals surface area contributed by atoms with Crippen molar-refractivity contribution in [3.63, 3.8) is 0 Å². The molecule has 1 saturated heterocycles. The van der Waals surface area contributed by atoms with Gasteiger partial charge in [0.25, 0.3) is 0 Å². The van der Waals surface area contributed by atoms with Gasteiger partial charge in [0.15, 0.2) is 11.6 Å². The second-order valence-electron chi connectivity index (χ2n) is 9.60. The van der Waals surface area contributed by atoms with Gasteiger partial charge in [0.1, 0.15) is 0 Å². The van der Waals surface area contributed by atoms with Crippen molar-refractivity contribution in [2.45, 2.75) is 26.7 Å². The molecule has 4 rings (SSSR count). The molecule has 10 nitrogen and oxygen atoms in total. The molecule has 1 fully saturated rings. The molecule has 41 heavy (non-hydrogen) atoms. The Morgan fingerprint density at radius 2 is 2.02 bits per heavy atom. The van der Waals surface area contributed by atoms with E-state index in [-0.39, 0.29) is 18.4 Å². The lowest BCUT2D eigenvalue weighted by atomic mass is 10.2. The molecule has 0 amide bonds. The van der Waals surface area contributed by atoms with Crippen molar-refractivity contribution >= 4 is 46.6 Å². The topological polar surface area (TPSA) is 111 Å². The van der Waals surface area contributed by atoms with Crippen LogP contribution >= 0.6 is 11.6 Å². The summed E-state index contributed by atoms with van der Waals surface area (Å²) < 4.78 is 19.6. The average Bonchev–Trinajstić information content (AvgIpc) is 2.97. The zero-order chi connectivity index (χ0) is 29.0. The van der Waals surface area contributed by atoms with E-state index >= 15 is 0 Å². The minimum atomic E-state index is -0.485. The van der Waals surface area contributed by atoms with Crippen LogP contribution in [0.2, 0.25) is 5.02 Å². The number of halogens is 2. The maximum atomic E-state index is 14.2. The Hall–Kier alpha value is -3.80. The quantitative estimate of drug-likeness (QED) is 0.142. The summed E-state index contributed by atoms with van der Waals surface area (Å²) in [6.07, 6.45) is 8.18. The number of nitrogens with zero attached hydrogens (tertiary/aromatic N) is 6. The zero-order valence-corrected chi connectivity index (χ0v) is 24.1. The van der Waals surface area contributed by atoms with E-state index < -0.39 is 5.82 Å². The van der Waals surface area contributed by atoms with Crippen LogP contribution in [0.5, 0.6) is 0 Å². The largest absolute Gasteiger partial charge is 0.396 e. The predicted molar refractivity (Wildman–Crippen MR) is 163 cm³/mol. The number of anilines is 5. The molecule has 1 aliphatic rings. The number of ether oxygens (including phenoxy) is 1.